The minimum Gasteiger partial charge on any atom is -0.481 e. The third-order valence-electron chi connectivity index (χ3n) is 2.24. The van der Waals surface area contributed by atoms with Crippen LogP contribution in [0.5, 0.6) is 5.75 Å². The largest absolute Gasteiger partial charge is 0.481 e. The molecule has 0 atom stereocenters. The highest BCUT2D eigenvalue weighted by Crippen LogP contribution is 2.23. The van der Waals surface area contributed by atoms with E-state index < -0.39 is 11.7 Å². The molecule has 0 saturated carbocycles. The summed E-state index contributed by atoms with van der Waals surface area (Å²) < 4.78 is 18.4. The van der Waals surface area contributed by atoms with Crippen LogP contribution >= 0.6 is 0 Å². The summed E-state index contributed by atoms with van der Waals surface area (Å²) in [6.07, 6.45) is 0.223. The van der Waals surface area contributed by atoms with Crippen molar-refractivity contribution in [2.75, 3.05) is 18.9 Å². The van der Waals surface area contributed by atoms with E-state index in [0.717, 1.165) is 6.07 Å². The van der Waals surface area contributed by atoms with Crippen molar-refractivity contribution in [1.29, 1.82) is 5.26 Å². The summed E-state index contributed by atoms with van der Waals surface area (Å²) in [5.41, 5.74) is 6.53. The van der Waals surface area contributed by atoms with Gasteiger partial charge < -0.3 is 15.8 Å². The van der Waals surface area contributed by atoms with Crippen molar-refractivity contribution >= 4 is 11.6 Å². The summed E-state index contributed by atoms with van der Waals surface area (Å²) in [6, 6.07) is 4.48. The summed E-state index contributed by atoms with van der Waals surface area (Å²) in [6.45, 7) is 1.67. The molecule has 0 spiro atoms. The van der Waals surface area contributed by atoms with Crippen LogP contribution in [0.25, 0.3) is 0 Å². The summed E-state index contributed by atoms with van der Waals surface area (Å²) in [5.74, 6) is -1.03. The molecule has 0 bridgehead atoms. The predicted molar refractivity (Wildman–Crippen MR) is 64.3 cm³/mol. The molecular formula is C12H14FN3O2. The lowest BCUT2D eigenvalue weighted by molar-refractivity contribution is -0.123. The van der Waals surface area contributed by atoms with Crippen LogP contribution in [-0.2, 0) is 4.79 Å². The third-order valence-corrected chi connectivity index (χ3v) is 2.24. The number of amides is 1. The van der Waals surface area contributed by atoms with Crippen LogP contribution in [-0.4, -0.2) is 19.1 Å². The normalized spacial score (nSPS) is 9.61. The van der Waals surface area contributed by atoms with Crippen LogP contribution in [0.15, 0.2) is 12.1 Å². The summed E-state index contributed by atoms with van der Waals surface area (Å²) in [5, 5.41) is 10.8. The van der Waals surface area contributed by atoms with Gasteiger partial charge in [0.1, 0.15) is 0 Å². The Morgan fingerprint density at radius 3 is 3.00 bits per heavy atom. The van der Waals surface area contributed by atoms with Gasteiger partial charge in [-0.15, -0.1) is 0 Å². The first-order chi connectivity index (χ1) is 8.54. The van der Waals surface area contributed by atoms with E-state index >= 15 is 0 Å². The lowest BCUT2D eigenvalue weighted by Crippen LogP contribution is -2.29. The van der Waals surface area contributed by atoms with E-state index in [9.17, 15) is 9.18 Å². The van der Waals surface area contributed by atoms with Crippen LogP contribution in [0.4, 0.5) is 10.1 Å². The highest BCUT2D eigenvalue weighted by atomic mass is 19.1. The van der Waals surface area contributed by atoms with Gasteiger partial charge in [0, 0.05) is 18.3 Å². The zero-order chi connectivity index (χ0) is 13.5. The summed E-state index contributed by atoms with van der Waals surface area (Å²) in [4.78, 5) is 11.3. The molecule has 6 heteroatoms. The van der Waals surface area contributed by atoms with Gasteiger partial charge in [0.25, 0.3) is 5.91 Å². The monoisotopic (exact) mass is 251 g/mol. The Bertz CT molecular complexity index is 483. The Labute approximate surface area is 104 Å². The average molecular weight is 251 g/mol. The number of nitriles is 1. The summed E-state index contributed by atoms with van der Waals surface area (Å²) in [7, 11) is 0. The number of ether oxygens (including phenoxy) is 1. The first-order valence-corrected chi connectivity index (χ1v) is 5.36. The van der Waals surface area contributed by atoms with Crippen molar-refractivity contribution in [2.24, 2.45) is 0 Å². The van der Waals surface area contributed by atoms with Crippen molar-refractivity contribution < 1.29 is 13.9 Å². The van der Waals surface area contributed by atoms with Crippen LogP contribution in [0.3, 0.4) is 0 Å². The fourth-order valence-electron chi connectivity index (χ4n) is 1.23. The molecule has 1 rings (SSSR count). The van der Waals surface area contributed by atoms with Gasteiger partial charge in [-0.1, -0.05) is 0 Å². The molecule has 1 amide bonds. The zero-order valence-electron chi connectivity index (χ0n) is 10.00. The molecule has 0 unspecified atom stereocenters. The van der Waals surface area contributed by atoms with E-state index in [0.29, 0.717) is 11.3 Å². The van der Waals surface area contributed by atoms with Crippen molar-refractivity contribution in [3.05, 3.63) is 23.5 Å². The fraction of sp³-hybridized carbons (Fsp3) is 0.333. The minimum atomic E-state index is -0.608. The average Bonchev–Trinajstić information content (AvgIpc) is 2.32. The van der Waals surface area contributed by atoms with Gasteiger partial charge >= 0.3 is 0 Å². The molecule has 1 aromatic rings. The highest BCUT2D eigenvalue weighted by molar-refractivity contribution is 5.77. The predicted octanol–water partition coefficient (Wildman–Crippen LogP) is 1.12. The van der Waals surface area contributed by atoms with Crippen LogP contribution in [0.2, 0.25) is 0 Å². The Morgan fingerprint density at radius 1 is 1.61 bits per heavy atom. The number of halogens is 1. The summed E-state index contributed by atoms with van der Waals surface area (Å²) >= 11 is 0. The van der Waals surface area contributed by atoms with Gasteiger partial charge in [0.15, 0.2) is 18.2 Å². The molecular weight excluding hydrogens is 237 g/mol. The molecule has 5 nitrogen and oxygen atoms in total. The standard InChI is InChI=1S/C12H14FN3O2/c1-8-5-11(9(13)6-10(8)15)18-7-12(17)16-4-2-3-14/h5-6H,2,4,7,15H2,1H3,(H,16,17). The Balaban J connectivity index is 2.51. The number of nitrogens with zero attached hydrogens (tertiary/aromatic N) is 1. The number of hydrogen-bond acceptors (Lipinski definition) is 4. The molecule has 0 fully saturated rings. The second kappa shape index (κ2) is 6.45. The quantitative estimate of drug-likeness (QED) is 0.606. The number of carbonyl (C=O) groups excluding carboxylic acids is 1. The van der Waals surface area contributed by atoms with E-state index in [1.54, 1.807) is 6.92 Å². The minimum absolute atomic E-state index is 0.0165. The van der Waals surface area contributed by atoms with Crippen LogP contribution in [0, 0.1) is 24.1 Å². The number of aryl methyl sites for hydroxylation is 1. The molecule has 0 aromatic heterocycles. The second-order valence-corrected chi connectivity index (χ2v) is 3.69. The number of hydrogen-bond donors (Lipinski definition) is 2. The molecule has 96 valence electrons. The molecule has 0 heterocycles. The Kier molecular flexibility index (Phi) is 4.93. The van der Waals surface area contributed by atoms with Crippen LogP contribution < -0.4 is 15.8 Å². The van der Waals surface area contributed by atoms with E-state index in [1.807, 2.05) is 6.07 Å². The van der Waals surface area contributed by atoms with Crippen molar-refractivity contribution in [1.82, 2.24) is 5.32 Å². The topological polar surface area (TPSA) is 88.1 Å². The molecule has 3 N–H and O–H groups in total. The van der Waals surface area contributed by atoms with E-state index in [-0.39, 0.29) is 25.3 Å². The SMILES string of the molecule is Cc1cc(OCC(=O)NCCC#N)c(F)cc1N. The number of rotatable bonds is 5. The molecule has 18 heavy (non-hydrogen) atoms. The van der Waals surface area contributed by atoms with Crippen molar-refractivity contribution in [3.8, 4) is 11.8 Å². The van der Waals surface area contributed by atoms with E-state index in [2.05, 4.69) is 5.32 Å². The van der Waals surface area contributed by atoms with Gasteiger partial charge in [-0.25, -0.2) is 4.39 Å². The van der Waals surface area contributed by atoms with Gasteiger partial charge in [0.05, 0.1) is 12.5 Å². The van der Waals surface area contributed by atoms with E-state index in [4.69, 9.17) is 15.7 Å². The molecule has 0 aliphatic rings. The van der Waals surface area contributed by atoms with Crippen LogP contribution in [0.1, 0.15) is 12.0 Å². The molecule has 0 radical (unpaired) electrons. The van der Waals surface area contributed by atoms with E-state index in [1.165, 1.54) is 6.07 Å². The van der Waals surface area contributed by atoms with Crippen molar-refractivity contribution in [3.63, 3.8) is 0 Å². The smallest absolute Gasteiger partial charge is 0.257 e. The van der Waals surface area contributed by atoms with Gasteiger partial charge in [-0.3, -0.25) is 4.79 Å². The van der Waals surface area contributed by atoms with Gasteiger partial charge in [-0.2, -0.15) is 5.26 Å². The lowest BCUT2D eigenvalue weighted by atomic mass is 10.2. The molecule has 0 saturated heterocycles. The van der Waals surface area contributed by atoms with Crippen molar-refractivity contribution in [2.45, 2.75) is 13.3 Å². The highest BCUT2D eigenvalue weighted by Gasteiger charge is 2.08. The molecule has 0 aliphatic carbocycles. The Hall–Kier alpha value is -2.29. The Morgan fingerprint density at radius 2 is 2.33 bits per heavy atom. The van der Waals surface area contributed by atoms with Gasteiger partial charge in [-0.05, 0) is 18.6 Å². The number of carbonyl (C=O) groups is 1. The maximum absolute atomic E-state index is 13.4. The van der Waals surface area contributed by atoms with Gasteiger partial charge in [0.2, 0.25) is 0 Å². The first kappa shape index (κ1) is 13.8. The first-order valence-electron chi connectivity index (χ1n) is 5.36. The third kappa shape index (κ3) is 3.94. The maximum Gasteiger partial charge on any atom is 0.257 e. The number of anilines is 1. The number of nitrogen functional groups attached to an aromatic ring is 1. The fourth-order valence-corrected chi connectivity index (χ4v) is 1.23. The molecule has 1 aromatic carbocycles. The number of nitrogens with two attached hydrogens (primary N) is 1. The maximum atomic E-state index is 13.4. The lowest BCUT2D eigenvalue weighted by Gasteiger charge is -2.09. The number of benzene rings is 1. The zero-order valence-corrected chi connectivity index (χ0v) is 10.00. The number of nitrogens with one attached hydrogen (secondary N) is 1. The second-order valence-electron chi connectivity index (χ2n) is 3.69. The molecule has 0 aliphatic heterocycles.